The van der Waals surface area contributed by atoms with E-state index in [1.807, 2.05) is 62.4 Å². The Kier molecular flexibility index (Phi) is 5.61. The summed E-state index contributed by atoms with van der Waals surface area (Å²) in [5.41, 5.74) is 4.55. The normalized spacial score (nSPS) is 10.3. The van der Waals surface area contributed by atoms with Gasteiger partial charge < -0.3 is 10.6 Å². The van der Waals surface area contributed by atoms with Crippen molar-refractivity contribution in [1.82, 2.24) is 10.3 Å². The lowest BCUT2D eigenvalue weighted by atomic mass is 10.1. The minimum absolute atomic E-state index is 0.194. The number of nitrogens with one attached hydrogen (secondary N) is 2. The first-order valence-electron chi connectivity index (χ1n) is 8.70. The summed E-state index contributed by atoms with van der Waals surface area (Å²) < 4.78 is 0. The van der Waals surface area contributed by atoms with Crippen LogP contribution in [-0.2, 0) is 6.54 Å². The highest BCUT2D eigenvalue weighted by molar-refractivity contribution is 6.04. The Hall–Kier alpha value is -3.47. The molecule has 136 valence electrons. The number of rotatable bonds is 5. The number of carbonyl (C=O) groups is 2. The van der Waals surface area contributed by atoms with Crippen molar-refractivity contribution in [1.29, 1.82) is 0 Å². The predicted octanol–water partition coefficient (Wildman–Crippen LogP) is 3.88. The molecule has 0 bridgehead atoms. The van der Waals surface area contributed by atoms with E-state index in [1.54, 1.807) is 6.07 Å². The topological polar surface area (TPSA) is 71.1 Å². The Morgan fingerprint density at radius 1 is 0.926 bits per heavy atom. The van der Waals surface area contributed by atoms with Crippen molar-refractivity contribution in [3.63, 3.8) is 0 Å². The minimum Gasteiger partial charge on any atom is -0.348 e. The number of benzene rings is 2. The zero-order chi connectivity index (χ0) is 19.2. The van der Waals surface area contributed by atoms with Gasteiger partial charge >= 0.3 is 0 Å². The summed E-state index contributed by atoms with van der Waals surface area (Å²) in [4.78, 5) is 28.9. The fraction of sp³-hybridized carbons (Fsp3) is 0.136. The number of hydrogen-bond donors (Lipinski definition) is 2. The van der Waals surface area contributed by atoms with Gasteiger partial charge in [0, 0.05) is 24.0 Å². The molecule has 0 radical (unpaired) electrons. The second kappa shape index (κ2) is 8.27. The Morgan fingerprint density at radius 2 is 1.67 bits per heavy atom. The molecule has 0 fully saturated rings. The molecule has 0 spiro atoms. The summed E-state index contributed by atoms with van der Waals surface area (Å²) in [6.45, 7) is 4.41. The zero-order valence-electron chi connectivity index (χ0n) is 15.3. The maximum absolute atomic E-state index is 12.4. The first-order chi connectivity index (χ1) is 13.0. The molecule has 2 aromatic carbocycles. The van der Waals surface area contributed by atoms with Crippen LogP contribution in [-0.4, -0.2) is 16.8 Å². The van der Waals surface area contributed by atoms with Gasteiger partial charge in [0.25, 0.3) is 11.8 Å². The van der Waals surface area contributed by atoms with Gasteiger partial charge in [-0.1, -0.05) is 42.0 Å². The van der Waals surface area contributed by atoms with E-state index >= 15 is 0 Å². The van der Waals surface area contributed by atoms with Crippen LogP contribution >= 0.6 is 0 Å². The van der Waals surface area contributed by atoms with Crippen LogP contribution in [0.2, 0.25) is 0 Å². The third kappa shape index (κ3) is 4.79. The minimum atomic E-state index is -0.354. The van der Waals surface area contributed by atoms with Crippen molar-refractivity contribution < 1.29 is 9.59 Å². The molecule has 0 unspecified atom stereocenters. The molecule has 0 atom stereocenters. The highest BCUT2D eigenvalue weighted by Gasteiger charge is 2.12. The maximum Gasteiger partial charge on any atom is 0.274 e. The third-order valence-electron chi connectivity index (χ3n) is 4.26. The lowest BCUT2D eigenvalue weighted by Crippen LogP contribution is -2.24. The number of pyridine rings is 1. The highest BCUT2D eigenvalue weighted by atomic mass is 16.2. The van der Waals surface area contributed by atoms with E-state index in [0.29, 0.717) is 17.8 Å². The predicted molar refractivity (Wildman–Crippen MR) is 106 cm³/mol. The molecule has 2 amide bonds. The first kappa shape index (κ1) is 18.3. The van der Waals surface area contributed by atoms with E-state index < -0.39 is 0 Å². The van der Waals surface area contributed by atoms with Gasteiger partial charge in [0.05, 0.1) is 0 Å². The Morgan fingerprint density at radius 3 is 2.41 bits per heavy atom. The van der Waals surface area contributed by atoms with Gasteiger partial charge in [-0.2, -0.15) is 0 Å². The molecular weight excluding hydrogens is 338 g/mol. The van der Waals surface area contributed by atoms with E-state index in [-0.39, 0.29) is 17.5 Å². The van der Waals surface area contributed by atoms with Gasteiger partial charge in [-0.3, -0.25) is 14.6 Å². The molecule has 2 N–H and O–H groups in total. The molecule has 27 heavy (non-hydrogen) atoms. The van der Waals surface area contributed by atoms with Gasteiger partial charge in [-0.05, 0) is 49.2 Å². The first-order valence-corrected chi connectivity index (χ1v) is 8.70. The van der Waals surface area contributed by atoms with Crippen molar-refractivity contribution in [2.75, 3.05) is 5.32 Å². The summed E-state index contributed by atoms with van der Waals surface area (Å²) in [6, 6.07) is 18.4. The fourth-order valence-electron chi connectivity index (χ4n) is 2.61. The van der Waals surface area contributed by atoms with Crippen LogP contribution in [0.4, 0.5) is 5.69 Å². The van der Waals surface area contributed by atoms with E-state index in [1.165, 1.54) is 12.3 Å². The largest absolute Gasteiger partial charge is 0.348 e. The molecule has 0 aliphatic rings. The summed E-state index contributed by atoms with van der Waals surface area (Å²) >= 11 is 0. The Bertz CT molecular complexity index is 965. The van der Waals surface area contributed by atoms with Crippen molar-refractivity contribution in [2.45, 2.75) is 20.4 Å². The number of carbonyl (C=O) groups excluding carboxylic acids is 2. The monoisotopic (exact) mass is 359 g/mol. The molecule has 1 aromatic heterocycles. The molecule has 1 heterocycles. The van der Waals surface area contributed by atoms with Crippen molar-refractivity contribution in [3.05, 3.63) is 94.8 Å². The summed E-state index contributed by atoms with van der Waals surface area (Å²) in [5.74, 6) is -0.600. The molecule has 3 aromatic rings. The van der Waals surface area contributed by atoms with Crippen LogP contribution in [0.1, 0.15) is 37.5 Å². The van der Waals surface area contributed by atoms with Gasteiger partial charge in [-0.25, -0.2) is 0 Å². The SMILES string of the molecule is Cc1ccc(NC(=O)c2cc(C(=O)NCc3ccccc3C)ccn2)cc1. The fourth-order valence-corrected chi connectivity index (χ4v) is 2.61. The van der Waals surface area contributed by atoms with Crippen LogP contribution in [0.3, 0.4) is 0 Å². The molecule has 0 saturated carbocycles. The Labute approximate surface area is 158 Å². The van der Waals surface area contributed by atoms with Gasteiger partial charge in [0.15, 0.2) is 0 Å². The molecule has 0 aliphatic heterocycles. The molecule has 0 saturated heterocycles. The lowest BCUT2D eigenvalue weighted by Gasteiger charge is -2.09. The van der Waals surface area contributed by atoms with Gasteiger partial charge in [-0.15, -0.1) is 0 Å². The summed E-state index contributed by atoms with van der Waals surface area (Å²) in [6.07, 6.45) is 1.47. The Balaban J connectivity index is 1.67. The molecular formula is C22H21N3O2. The lowest BCUT2D eigenvalue weighted by molar-refractivity contribution is 0.0950. The second-order valence-electron chi connectivity index (χ2n) is 6.36. The molecule has 0 aliphatic carbocycles. The number of nitrogens with zero attached hydrogens (tertiary/aromatic N) is 1. The third-order valence-corrected chi connectivity index (χ3v) is 4.26. The number of aryl methyl sites for hydroxylation is 2. The average Bonchev–Trinajstić information content (AvgIpc) is 2.69. The summed E-state index contributed by atoms with van der Waals surface area (Å²) in [7, 11) is 0. The van der Waals surface area contributed by atoms with Crippen LogP contribution in [0.5, 0.6) is 0 Å². The average molecular weight is 359 g/mol. The van der Waals surface area contributed by atoms with E-state index in [2.05, 4.69) is 15.6 Å². The highest BCUT2D eigenvalue weighted by Crippen LogP contribution is 2.11. The van der Waals surface area contributed by atoms with Crippen LogP contribution < -0.4 is 10.6 Å². The van der Waals surface area contributed by atoms with Crippen molar-refractivity contribution >= 4 is 17.5 Å². The standard InChI is InChI=1S/C22H21N3O2/c1-15-7-9-19(10-8-15)25-22(27)20-13-17(11-12-23-20)21(26)24-14-18-6-4-3-5-16(18)2/h3-13H,14H2,1-2H3,(H,24,26)(H,25,27). The number of anilines is 1. The van der Waals surface area contributed by atoms with Gasteiger partial charge in [0.2, 0.25) is 0 Å². The summed E-state index contributed by atoms with van der Waals surface area (Å²) in [5, 5.41) is 5.66. The van der Waals surface area contributed by atoms with Crippen LogP contribution in [0, 0.1) is 13.8 Å². The van der Waals surface area contributed by atoms with Gasteiger partial charge in [0.1, 0.15) is 5.69 Å². The molecule has 5 heteroatoms. The maximum atomic E-state index is 12.4. The van der Waals surface area contributed by atoms with E-state index in [0.717, 1.165) is 16.7 Å². The molecule has 5 nitrogen and oxygen atoms in total. The quantitative estimate of drug-likeness (QED) is 0.726. The van der Waals surface area contributed by atoms with Crippen LogP contribution in [0.25, 0.3) is 0 Å². The second-order valence-corrected chi connectivity index (χ2v) is 6.36. The zero-order valence-corrected chi connectivity index (χ0v) is 15.3. The number of aromatic nitrogens is 1. The van der Waals surface area contributed by atoms with Crippen LogP contribution in [0.15, 0.2) is 66.9 Å². The van der Waals surface area contributed by atoms with E-state index in [4.69, 9.17) is 0 Å². The number of hydrogen-bond acceptors (Lipinski definition) is 3. The molecule has 3 rings (SSSR count). The van der Waals surface area contributed by atoms with E-state index in [9.17, 15) is 9.59 Å². The van der Waals surface area contributed by atoms with Crippen molar-refractivity contribution in [3.8, 4) is 0 Å². The van der Waals surface area contributed by atoms with Crippen molar-refractivity contribution in [2.24, 2.45) is 0 Å². The number of amides is 2. The smallest absolute Gasteiger partial charge is 0.274 e.